The highest BCUT2D eigenvalue weighted by molar-refractivity contribution is 6.04. The van der Waals surface area contributed by atoms with E-state index in [-0.39, 0.29) is 23.8 Å². The molecular formula is C18H26N2O3. The van der Waals surface area contributed by atoms with E-state index in [9.17, 15) is 14.7 Å². The average molecular weight is 318 g/mol. The smallest absolute Gasteiger partial charge is 0.253 e. The number of amides is 2. The fraction of sp³-hybridized carbons (Fsp3) is 0.556. The maximum Gasteiger partial charge on any atom is 0.253 e. The molecule has 1 aliphatic rings. The first-order valence-electron chi connectivity index (χ1n) is 8.12. The van der Waals surface area contributed by atoms with Crippen molar-refractivity contribution < 1.29 is 14.7 Å². The first kappa shape index (κ1) is 17.5. The molecule has 2 amide bonds. The number of rotatable bonds is 4. The van der Waals surface area contributed by atoms with E-state index in [4.69, 9.17) is 0 Å². The predicted octanol–water partition coefficient (Wildman–Crippen LogP) is 2.85. The molecule has 0 aromatic heterocycles. The Morgan fingerprint density at radius 1 is 1.17 bits per heavy atom. The zero-order valence-electron chi connectivity index (χ0n) is 14.1. The minimum Gasteiger partial charge on any atom is -0.389 e. The number of carbonyl (C=O) groups is 2. The quantitative estimate of drug-likeness (QED) is 0.799. The highest BCUT2D eigenvalue weighted by Gasteiger charge is 2.33. The summed E-state index contributed by atoms with van der Waals surface area (Å²) in [6.07, 6.45) is 3.30. The summed E-state index contributed by atoms with van der Waals surface area (Å²) in [5.74, 6) is -0.488. The zero-order chi connectivity index (χ0) is 17.1. The van der Waals surface area contributed by atoms with Crippen molar-refractivity contribution in [2.24, 2.45) is 0 Å². The number of hydrogen-bond acceptors (Lipinski definition) is 3. The minimum absolute atomic E-state index is 0.0717. The Balaban J connectivity index is 2.08. The molecule has 1 aliphatic carbocycles. The third kappa shape index (κ3) is 5.06. The van der Waals surface area contributed by atoms with Crippen LogP contribution in [0.15, 0.2) is 24.3 Å². The fourth-order valence-corrected chi connectivity index (χ4v) is 2.90. The van der Waals surface area contributed by atoms with Gasteiger partial charge in [-0.05, 0) is 45.7 Å². The third-order valence-corrected chi connectivity index (χ3v) is 3.96. The van der Waals surface area contributed by atoms with E-state index < -0.39 is 5.60 Å². The van der Waals surface area contributed by atoms with Gasteiger partial charge in [0, 0.05) is 5.54 Å². The number of nitrogens with one attached hydrogen (secondary N) is 2. The second-order valence-corrected chi connectivity index (χ2v) is 7.41. The van der Waals surface area contributed by atoms with Crippen molar-refractivity contribution >= 4 is 17.5 Å². The lowest BCUT2D eigenvalue weighted by Gasteiger charge is -2.23. The summed E-state index contributed by atoms with van der Waals surface area (Å²) in [7, 11) is 0. The lowest BCUT2D eigenvalue weighted by atomic mass is 9.97. The van der Waals surface area contributed by atoms with Crippen LogP contribution in [0.25, 0.3) is 0 Å². The lowest BCUT2D eigenvalue weighted by molar-refractivity contribution is -0.120. The molecule has 0 spiro atoms. The van der Waals surface area contributed by atoms with Crippen LogP contribution in [-0.4, -0.2) is 28.1 Å². The van der Waals surface area contributed by atoms with Crippen molar-refractivity contribution in [3.8, 4) is 0 Å². The van der Waals surface area contributed by atoms with Crippen molar-refractivity contribution in [3.63, 3.8) is 0 Å². The van der Waals surface area contributed by atoms with Crippen molar-refractivity contribution in [1.82, 2.24) is 5.32 Å². The molecule has 0 bridgehead atoms. The van der Waals surface area contributed by atoms with Crippen LogP contribution in [0.5, 0.6) is 0 Å². The van der Waals surface area contributed by atoms with Crippen LogP contribution in [-0.2, 0) is 4.79 Å². The van der Waals surface area contributed by atoms with Crippen LogP contribution >= 0.6 is 0 Å². The number of hydrogen-bond donors (Lipinski definition) is 3. The molecule has 0 unspecified atom stereocenters. The molecule has 1 saturated carbocycles. The largest absolute Gasteiger partial charge is 0.389 e. The number of benzene rings is 1. The Morgan fingerprint density at radius 3 is 2.39 bits per heavy atom. The van der Waals surface area contributed by atoms with Gasteiger partial charge in [0.2, 0.25) is 5.91 Å². The molecule has 1 aromatic rings. The summed E-state index contributed by atoms with van der Waals surface area (Å²) in [5, 5.41) is 16.0. The summed E-state index contributed by atoms with van der Waals surface area (Å²) >= 11 is 0. The van der Waals surface area contributed by atoms with Gasteiger partial charge >= 0.3 is 0 Å². The normalized spacial score (nSPS) is 16.9. The van der Waals surface area contributed by atoms with Gasteiger partial charge in [0.15, 0.2) is 0 Å². The molecule has 1 aromatic carbocycles. The SMILES string of the molecule is CC(C)(C)NC(=O)c1ccccc1NC(=O)CC1(O)CCCC1. The van der Waals surface area contributed by atoms with E-state index in [1.807, 2.05) is 20.8 Å². The highest BCUT2D eigenvalue weighted by Crippen LogP contribution is 2.32. The van der Waals surface area contributed by atoms with Gasteiger partial charge in [0.1, 0.15) is 0 Å². The molecule has 23 heavy (non-hydrogen) atoms. The van der Waals surface area contributed by atoms with Gasteiger partial charge in [-0.15, -0.1) is 0 Å². The summed E-state index contributed by atoms with van der Waals surface area (Å²) < 4.78 is 0. The zero-order valence-corrected chi connectivity index (χ0v) is 14.1. The van der Waals surface area contributed by atoms with Crippen LogP contribution in [0.2, 0.25) is 0 Å². The summed E-state index contributed by atoms with van der Waals surface area (Å²) in [6.45, 7) is 5.71. The van der Waals surface area contributed by atoms with Crippen molar-refractivity contribution in [3.05, 3.63) is 29.8 Å². The van der Waals surface area contributed by atoms with Crippen molar-refractivity contribution in [2.75, 3.05) is 5.32 Å². The third-order valence-electron chi connectivity index (χ3n) is 3.96. The predicted molar refractivity (Wildman–Crippen MR) is 90.3 cm³/mol. The molecule has 126 valence electrons. The number of para-hydroxylation sites is 1. The fourth-order valence-electron chi connectivity index (χ4n) is 2.90. The number of carbonyl (C=O) groups excluding carboxylic acids is 2. The van der Waals surface area contributed by atoms with Crippen LogP contribution in [0.4, 0.5) is 5.69 Å². The molecule has 0 heterocycles. The van der Waals surface area contributed by atoms with Gasteiger partial charge in [0.25, 0.3) is 5.91 Å². The number of aliphatic hydroxyl groups is 1. The molecule has 0 saturated heterocycles. The molecule has 0 radical (unpaired) electrons. The Bertz CT molecular complexity index is 584. The van der Waals surface area contributed by atoms with Crippen LogP contribution in [0, 0.1) is 0 Å². The Morgan fingerprint density at radius 2 is 1.78 bits per heavy atom. The van der Waals surface area contributed by atoms with E-state index in [0.717, 1.165) is 12.8 Å². The molecule has 0 atom stereocenters. The summed E-state index contributed by atoms with van der Waals surface area (Å²) in [6, 6.07) is 6.92. The monoisotopic (exact) mass is 318 g/mol. The average Bonchev–Trinajstić information content (AvgIpc) is 2.83. The molecular weight excluding hydrogens is 292 g/mol. The first-order valence-corrected chi connectivity index (χ1v) is 8.12. The van der Waals surface area contributed by atoms with E-state index >= 15 is 0 Å². The first-order chi connectivity index (χ1) is 10.7. The highest BCUT2D eigenvalue weighted by atomic mass is 16.3. The summed E-state index contributed by atoms with van der Waals surface area (Å²) in [4.78, 5) is 24.6. The maximum atomic E-state index is 12.4. The van der Waals surface area contributed by atoms with E-state index in [1.165, 1.54) is 0 Å². The van der Waals surface area contributed by atoms with Crippen molar-refractivity contribution in [1.29, 1.82) is 0 Å². The number of anilines is 1. The van der Waals surface area contributed by atoms with Gasteiger partial charge in [-0.1, -0.05) is 25.0 Å². The Labute approximate surface area is 137 Å². The maximum absolute atomic E-state index is 12.4. The minimum atomic E-state index is -0.896. The van der Waals surface area contributed by atoms with Crippen LogP contribution < -0.4 is 10.6 Å². The van der Waals surface area contributed by atoms with Gasteiger partial charge in [0.05, 0.1) is 23.3 Å². The van der Waals surface area contributed by atoms with Crippen LogP contribution in [0.1, 0.15) is 63.2 Å². The Kier molecular flexibility index (Phi) is 5.09. The van der Waals surface area contributed by atoms with Gasteiger partial charge < -0.3 is 15.7 Å². The molecule has 5 nitrogen and oxygen atoms in total. The molecule has 5 heteroatoms. The standard InChI is InChI=1S/C18H26N2O3/c1-17(2,3)20-16(22)13-8-4-5-9-14(13)19-15(21)12-18(23)10-6-7-11-18/h4-5,8-9,23H,6-7,10-12H2,1-3H3,(H,19,21)(H,20,22). The van der Waals surface area contributed by atoms with Gasteiger partial charge in [-0.25, -0.2) is 0 Å². The van der Waals surface area contributed by atoms with Crippen LogP contribution in [0.3, 0.4) is 0 Å². The van der Waals surface area contributed by atoms with E-state index in [1.54, 1.807) is 24.3 Å². The van der Waals surface area contributed by atoms with Gasteiger partial charge in [-0.2, -0.15) is 0 Å². The molecule has 1 fully saturated rings. The van der Waals surface area contributed by atoms with Crippen molar-refractivity contribution in [2.45, 2.75) is 64.0 Å². The Hall–Kier alpha value is -1.88. The molecule has 0 aliphatic heterocycles. The topological polar surface area (TPSA) is 78.4 Å². The van der Waals surface area contributed by atoms with Gasteiger partial charge in [-0.3, -0.25) is 9.59 Å². The molecule has 2 rings (SSSR count). The molecule has 3 N–H and O–H groups in total. The second-order valence-electron chi connectivity index (χ2n) is 7.41. The summed E-state index contributed by atoms with van der Waals surface area (Å²) in [5.41, 5.74) is -0.352. The second kappa shape index (κ2) is 6.71. The van der Waals surface area contributed by atoms with E-state index in [0.29, 0.717) is 24.1 Å². The lowest BCUT2D eigenvalue weighted by Crippen LogP contribution is -2.41. The van der Waals surface area contributed by atoms with E-state index in [2.05, 4.69) is 10.6 Å².